The standard InChI is InChI=1S/C10H7FO2S2/c11-15(12,13)9-4-1-3-8(7-9)10-5-2-6-14-10/h1-7H. The molecule has 0 saturated carbocycles. The minimum Gasteiger partial charge on any atom is -0.189 e. The molecule has 2 aromatic rings. The van der Waals surface area contributed by atoms with Gasteiger partial charge in [0, 0.05) is 4.88 Å². The molecule has 0 amide bonds. The SMILES string of the molecule is O=S(=O)(F)c1cccc(-c2cccs2)c1. The summed E-state index contributed by atoms with van der Waals surface area (Å²) in [6.07, 6.45) is 0. The molecule has 1 aromatic carbocycles. The van der Waals surface area contributed by atoms with Crippen molar-refractivity contribution in [3.05, 3.63) is 41.8 Å². The molecule has 0 N–H and O–H groups in total. The molecular weight excluding hydrogens is 235 g/mol. The lowest BCUT2D eigenvalue weighted by atomic mass is 10.2. The van der Waals surface area contributed by atoms with E-state index in [-0.39, 0.29) is 4.90 Å². The minimum absolute atomic E-state index is 0.298. The van der Waals surface area contributed by atoms with Crippen molar-refractivity contribution in [2.24, 2.45) is 0 Å². The Labute approximate surface area is 91.2 Å². The van der Waals surface area contributed by atoms with Crippen molar-refractivity contribution < 1.29 is 12.3 Å². The molecule has 0 unspecified atom stereocenters. The van der Waals surface area contributed by atoms with E-state index in [1.54, 1.807) is 6.07 Å². The Kier molecular flexibility index (Phi) is 2.58. The van der Waals surface area contributed by atoms with Crippen molar-refractivity contribution in [3.63, 3.8) is 0 Å². The Morgan fingerprint density at radius 1 is 1.13 bits per heavy atom. The zero-order valence-electron chi connectivity index (χ0n) is 7.55. The first-order valence-electron chi connectivity index (χ1n) is 4.16. The van der Waals surface area contributed by atoms with E-state index in [4.69, 9.17) is 0 Å². The molecule has 2 rings (SSSR count). The fraction of sp³-hybridized carbons (Fsp3) is 0. The van der Waals surface area contributed by atoms with Crippen LogP contribution < -0.4 is 0 Å². The van der Waals surface area contributed by atoms with Gasteiger partial charge in [-0.15, -0.1) is 15.2 Å². The zero-order valence-corrected chi connectivity index (χ0v) is 9.19. The van der Waals surface area contributed by atoms with E-state index in [2.05, 4.69) is 0 Å². The summed E-state index contributed by atoms with van der Waals surface area (Å²) in [7, 11) is -4.61. The number of hydrogen-bond donors (Lipinski definition) is 0. The maximum atomic E-state index is 12.7. The molecule has 2 nitrogen and oxygen atoms in total. The van der Waals surface area contributed by atoms with Gasteiger partial charge in [-0.2, -0.15) is 8.42 Å². The van der Waals surface area contributed by atoms with E-state index in [1.165, 1.54) is 29.5 Å². The Bertz CT molecular complexity index is 559. The lowest BCUT2D eigenvalue weighted by molar-refractivity contribution is 0.552. The van der Waals surface area contributed by atoms with E-state index in [0.717, 1.165) is 4.88 Å². The molecule has 0 atom stereocenters. The summed E-state index contributed by atoms with van der Waals surface area (Å²) in [6, 6.07) is 9.57. The second kappa shape index (κ2) is 3.75. The van der Waals surface area contributed by atoms with Gasteiger partial charge in [0.2, 0.25) is 0 Å². The van der Waals surface area contributed by atoms with Crippen LogP contribution in [0.3, 0.4) is 0 Å². The van der Waals surface area contributed by atoms with Gasteiger partial charge in [0.25, 0.3) is 0 Å². The quantitative estimate of drug-likeness (QED) is 0.758. The van der Waals surface area contributed by atoms with Gasteiger partial charge in [-0.05, 0) is 29.1 Å². The van der Waals surface area contributed by atoms with Crippen LogP contribution in [0.5, 0.6) is 0 Å². The van der Waals surface area contributed by atoms with E-state index in [1.807, 2.05) is 17.5 Å². The van der Waals surface area contributed by atoms with E-state index < -0.39 is 10.2 Å². The fourth-order valence-electron chi connectivity index (χ4n) is 1.24. The van der Waals surface area contributed by atoms with Crippen LogP contribution in [0.25, 0.3) is 10.4 Å². The number of rotatable bonds is 2. The van der Waals surface area contributed by atoms with Crippen LogP contribution in [0.1, 0.15) is 0 Å². The Balaban J connectivity index is 2.53. The van der Waals surface area contributed by atoms with Crippen LogP contribution in [0, 0.1) is 0 Å². The van der Waals surface area contributed by atoms with Gasteiger partial charge in [0.15, 0.2) is 0 Å². The van der Waals surface area contributed by atoms with Gasteiger partial charge in [0.05, 0.1) is 4.90 Å². The van der Waals surface area contributed by atoms with Crippen molar-refractivity contribution >= 4 is 21.6 Å². The van der Waals surface area contributed by atoms with Crippen LogP contribution in [0.4, 0.5) is 3.89 Å². The molecule has 0 aliphatic carbocycles. The van der Waals surface area contributed by atoms with E-state index >= 15 is 0 Å². The first-order valence-corrected chi connectivity index (χ1v) is 6.42. The number of hydrogen-bond acceptors (Lipinski definition) is 3. The third-order valence-electron chi connectivity index (χ3n) is 1.92. The number of benzene rings is 1. The van der Waals surface area contributed by atoms with Gasteiger partial charge in [-0.25, -0.2) is 0 Å². The second-order valence-corrected chi connectivity index (χ2v) is 5.24. The fourth-order valence-corrected chi connectivity index (χ4v) is 2.48. The summed E-state index contributed by atoms with van der Waals surface area (Å²) >= 11 is 1.48. The highest BCUT2D eigenvalue weighted by Crippen LogP contribution is 2.26. The minimum atomic E-state index is -4.61. The van der Waals surface area contributed by atoms with Crippen molar-refractivity contribution in [2.45, 2.75) is 4.90 Å². The normalized spacial score (nSPS) is 11.5. The highest BCUT2D eigenvalue weighted by molar-refractivity contribution is 7.86. The van der Waals surface area contributed by atoms with Crippen LogP contribution >= 0.6 is 11.3 Å². The average Bonchev–Trinajstić information content (AvgIpc) is 2.69. The Morgan fingerprint density at radius 3 is 2.53 bits per heavy atom. The Morgan fingerprint density at radius 2 is 1.93 bits per heavy atom. The van der Waals surface area contributed by atoms with E-state index in [0.29, 0.717) is 5.56 Å². The molecular formula is C10H7FO2S2. The molecule has 1 aromatic heterocycles. The molecule has 0 aliphatic rings. The summed E-state index contributed by atoms with van der Waals surface area (Å²) in [5.74, 6) is 0. The van der Waals surface area contributed by atoms with Gasteiger partial charge >= 0.3 is 10.2 Å². The first kappa shape index (κ1) is 10.3. The third kappa shape index (κ3) is 2.24. The van der Waals surface area contributed by atoms with E-state index in [9.17, 15) is 12.3 Å². The smallest absolute Gasteiger partial charge is 0.189 e. The van der Waals surface area contributed by atoms with Crippen molar-refractivity contribution in [2.75, 3.05) is 0 Å². The Hall–Kier alpha value is -1.20. The summed E-state index contributed by atoms with van der Waals surface area (Å²) < 4.78 is 34.1. The largest absolute Gasteiger partial charge is 0.332 e. The maximum Gasteiger partial charge on any atom is 0.332 e. The zero-order chi connectivity index (χ0) is 10.9. The summed E-state index contributed by atoms with van der Waals surface area (Å²) in [6.45, 7) is 0. The predicted octanol–water partition coefficient (Wildman–Crippen LogP) is 3.07. The van der Waals surface area contributed by atoms with Crippen LogP contribution in [-0.2, 0) is 10.2 Å². The second-order valence-electron chi connectivity index (χ2n) is 2.94. The number of thiophene rings is 1. The van der Waals surface area contributed by atoms with Gasteiger partial charge in [-0.3, -0.25) is 0 Å². The lowest BCUT2D eigenvalue weighted by Crippen LogP contribution is -1.91. The van der Waals surface area contributed by atoms with Crippen molar-refractivity contribution in [1.82, 2.24) is 0 Å². The third-order valence-corrected chi connectivity index (χ3v) is 3.66. The monoisotopic (exact) mass is 242 g/mol. The predicted molar refractivity (Wildman–Crippen MR) is 58.0 cm³/mol. The molecule has 1 heterocycles. The van der Waals surface area contributed by atoms with Gasteiger partial charge in [-0.1, -0.05) is 18.2 Å². The van der Waals surface area contributed by atoms with Crippen molar-refractivity contribution in [1.29, 1.82) is 0 Å². The molecule has 0 radical (unpaired) electrons. The van der Waals surface area contributed by atoms with Gasteiger partial charge in [0.1, 0.15) is 0 Å². The first-order chi connectivity index (χ1) is 7.07. The molecule has 5 heteroatoms. The van der Waals surface area contributed by atoms with Crippen LogP contribution in [0.15, 0.2) is 46.7 Å². The lowest BCUT2D eigenvalue weighted by Gasteiger charge is -1.99. The molecule has 78 valence electrons. The topological polar surface area (TPSA) is 34.1 Å². The summed E-state index contributed by atoms with van der Waals surface area (Å²) in [4.78, 5) is 0.619. The highest BCUT2D eigenvalue weighted by atomic mass is 32.3. The molecule has 0 spiro atoms. The number of halogens is 1. The molecule has 0 saturated heterocycles. The van der Waals surface area contributed by atoms with Crippen LogP contribution in [0.2, 0.25) is 0 Å². The molecule has 0 aliphatic heterocycles. The van der Waals surface area contributed by atoms with Crippen LogP contribution in [-0.4, -0.2) is 8.42 Å². The van der Waals surface area contributed by atoms with Gasteiger partial charge < -0.3 is 0 Å². The highest BCUT2D eigenvalue weighted by Gasteiger charge is 2.12. The molecule has 0 bridgehead atoms. The maximum absolute atomic E-state index is 12.7. The van der Waals surface area contributed by atoms with Crippen molar-refractivity contribution in [3.8, 4) is 10.4 Å². The summed E-state index contributed by atoms with van der Waals surface area (Å²) in [5.41, 5.74) is 0.712. The average molecular weight is 242 g/mol. The summed E-state index contributed by atoms with van der Waals surface area (Å²) in [5, 5.41) is 1.88. The molecule has 0 fully saturated rings. The molecule has 15 heavy (non-hydrogen) atoms.